The molecule has 2 rings (SSSR count). The summed E-state index contributed by atoms with van der Waals surface area (Å²) in [6.45, 7) is 4.67. The molecule has 1 saturated heterocycles. The van der Waals surface area contributed by atoms with E-state index in [0.29, 0.717) is 5.56 Å². The van der Waals surface area contributed by atoms with E-state index in [-0.39, 0.29) is 16.0 Å². The van der Waals surface area contributed by atoms with Crippen LogP contribution in [0.5, 0.6) is 0 Å². The lowest BCUT2D eigenvalue weighted by Crippen LogP contribution is -2.23. The highest BCUT2D eigenvalue weighted by Crippen LogP contribution is 2.28. The van der Waals surface area contributed by atoms with E-state index in [9.17, 15) is 10.1 Å². The van der Waals surface area contributed by atoms with Gasteiger partial charge in [0.2, 0.25) is 0 Å². The molecule has 1 heterocycles. The van der Waals surface area contributed by atoms with E-state index in [1.165, 1.54) is 12.8 Å². The molecule has 0 amide bonds. The molecule has 4 nitrogen and oxygen atoms in total. The zero-order chi connectivity index (χ0) is 13.1. The number of aryl methyl sites for hydroxylation is 1. The van der Waals surface area contributed by atoms with Gasteiger partial charge in [-0.2, -0.15) is 0 Å². The average molecular weight is 269 g/mol. The lowest BCUT2D eigenvalue weighted by atomic mass is 10.1. The monoisotopic (exact) mass is 268 g/mol. The van der Waals surface area contributed by atoms with Crippen molar-refractivity contribution in [3.05, 3.63) is 39.4 Å². The molecule has 1 atom stereocenters. The Hall–Kier alpha value is -1.13. The number of rotatable bonds is 4. The number of hydrogen-bond donors (Lipinski definition) is 0. The number of benzene rings is 1. The first-order chi connectivity index (χ1) is 8.58. The van der Waals surface area contributed by atoms with Crippen LogP contribution >= 0.6 is 11.6 Å². The second-order valence-electron chi connectivity index (χ2n) is 4.78. The van der Waals surface area contributed by atoms with Crippen LogP contribution in [0.15, 0.2) is 18.2 Å². The number of alkyl halides is 1. The Bertz CT molecular complexity index is 445. The Morgan fingerprint density at radius 1 is 1.44 bits per heavy atom. The van der Waals surface area contributed by atoms with Crippen LogP contribution < -0.4 is 0 Å². The summed E-state index contributed by atoms with van der Waals surface area (Å²) in [5.74, 6) is 0. The maximum Gasteiger partial charge on any atom is 0.272 e. The van der Waals surface area contributed by atoms with E-state index in [0.717, 1.165) is 25.2 Å². The summed E-state index contributed by atoms with van der Waals surface area (Å²) in [5, 5.41) is 10.7. The van der Waals surface area contributed by atoms with Crippen molar-refractivity contribution in [3.8, 4) is 0 Å². The topological polar surface area (TPSA) is 46.4 Å². The third kappa shape index (κ3) is 3.00. The summed E-state index contributed by atoms with van der Waals surface area (Å²) < 4.78 is 0. The highest BCUT2D eigenvalue weighted by Gasteiger charge is 2.19. The Labute approximate surface area is 112 Å². The molecule has 0 aromatic heterocycles. The van der Waals surface area contributed by atoms with Gasteiger partial charge in [-0.05, 0) is 38.4 Å². The molecule has 0 radical (unpaired) electrons. The quantitative estimate of drug-likeness (QED) is 0.478. The van der Waals surface area contributed by atoms with E-state index in [1.807, 2.05) is 6.07 Å². The number of hydrogen-bond acceptors (Lipinski definition) is 3. The molecule has 1 aromatic rings. The molecule has 98 valence electrons. The third-order valence-corrected chi connectivity index (χ3v) is 3.80. The van der Waals surface area contributed by atoms with Crippen molar-refractivity contribution in [2.45, 2.75) is 25.1 Å². The molecule has 0 saturated carbocycles. The van der Waals surface area contributed by atoms with Crippen molar-refractivity contribution in [1.29, 1.82) is 0 Å². The summed E-state index contributed by atoms with van der Waals surface area (Å²) in [6, 6.07) is 5.26. The smallest absolute Gasteiger partial charge is 0.272 e. The van der Waals surface area contributed by atoms with Crippen LogP contribution in [-0.2, 0) is 0 Å². The molecule has 1 aliphatic heterocycles. The van der Waals surface area contributed by atoms with Gasteiger partial charge in [-0.25, -0.2) is 0 Å². The van der Waals surface area contributed by atoms with Gasteiger partial charge in [0.05, 0.1) is 10.3 Å². The molecule has 1 fully saturated rings. The van der Waals surface area contributed by atoms with Crippen LogP contribution in [0.2, 0.25) is 0 Å². The third-order valence-electron chi connectivity index (χ3n) is 3.41. The predicted molar refractivity (Wildman–Crippen MR) is 72.1 cm³/mol. The van der Waals surface area contributed by atoms with Crippen molar-refractivity contribution < 1.29 is 4.92 Å². The summed E-state index contributed by atoms with van der Waals surface area (Å²) in [4.78, 5) is 12.9. The van der Waals surface area contributed by atoms with Gasteiger partial charge in [-0.3, -0.25) is 10.1 Å². The molecule has 5 heteroatoms. The predicted octanol–water partition coefficient (Wildman–Crippen LogP) is 3.28. The minimum Gasteiger partial charge on any atom is -0.302 e. The number of nitro groups is 1. The van der Waals surface area contributed by atoms with Crippen molar-refractivity contribution in [1.82, 2.24) is 4.90 Å². The fourth-order valence-electron chi connectivity index (χ4n) is 2.32. The van der Waals surface area contributed by atoms with E-state index >= 15 is 0 Å². The standard InChI is InChI=1S/C13H17ClN2O2/c1-10-4-5-11(8-13(10)16(17)18)12(14)9-15-6-2-3-7-15/h4-5,8,12H,2-3,6-7,9H2,1H3. The van der Waals surface area contributed by atoms with E-state index < -0.39 is 0 Å². The molecule has 18 heavy (non-hydrogen) atoms. The van der Waals surface area contributed by atoms with Crippen molar-refractivity contribution >= 4 is 17.3 Å². The van der Waals surface area contributed by atoms with Gasteiger partial charge < -0.3 is 4.90 Å². The highest BCUT2D eigenvalue weighted by atomic mass is 35.5. The molecule has 1 unspecified atom stereocenters. The molecule has 0 spiro atoms. The molecule has 0 N–H and O–H groups in total. The first-order valence-electron chi connectivity index (χ1n) is 6.19. The zero-order valence-corrected chi connectivity index (χ0v) is 11.2. The lowest BCUT2D eigenvalue weighted by molar-refractivity contribution is -0.385. The summed E-state index contributed by atoms with van der Waals surface area (Å²) in [5.41, 5.74) is 1.66. The van der Waals surface area contributed by atoms with Crippen LogP contribution in [0.25, 0.3) is 0 Å². The second kappa shape index (κ2) is 5.67. The minimum atomic E-state index is -0.349. The van der Waals surface area contributed by atoms with Crippen LogP contribution in [0.3, 0.4) is 0 Å². The SMILES string of the molecule is Cc1ccc(C(Cl)CN2CCCC2)cc1[N+](=O)[O-]. The maximum absolute atomic E-state index is 10.9. The van der Waals surface area contributed by atoms with Crippen LogP contribution in [0.4, 0.5) is 5.69 Å². The summed E-state index contributed by atoms with van der Waals surface area (Å²) in [7, 11) is 0. The lowest BCUT2D eigenvalue weighted by Gasteiger charge is -2.19. The van der Waals surface area contributed by atoms with Crippen molar-refractivity contribution in [2.75, 3.05) is 19.6 Å². The minimum absolute atomic E-state index is 0.152. The van der Waals surface area contributed by atoms with E-state index in [1.54, 1.807) is 19.1 Å². The zero-order valence-electron chi connectivity index (χ0n) is 10.4. The fourth-order valence-corrected chi connectivity index (χ4v) is 2.65. The molecular weight excluding hydrogens is 252 g/mol. The summed E-state index contributed by atoms with van der Waals surface area (Å²) >= 11 is 6.35. The molecule has 1 aromatic carbocycles. The molecule has 0 aliphatic carbocycles. The Morgan fingerprint density at radius 3 is 2.72 bits per heavy atom. The van der Waals surface area contributed by atoms with Crippen LogP contribution in [-0.4, -0.2) is 29.5 Å². The van der Waals surface area contributed by atoms with Gasteiger partial charge in [0.25, 0.3) is 5.69 Å². The van der Waals surface area contributed by atoms with Gasteiger partial charge in [-0.1, -0.05) is 12.1 Å². The Kier molecular flexibility index (Phi) is 4.19. The van der Waals surface area contributed by atoms with Gasteiger partial charge in [0.1, 0.15) is 0 Å². The van der Waals surface area contributed by atoms with Gasteiger partial charge >= 0.3 is 0 Å². The largest absolute Gasteiger partial charge is 0.302 e. The highest BCUT2D eigenvalue weighted by molar-refractivity contribution is 6.21. The second-order valence-corrected chi connectivity index (χ2v) is 5.31. The van der Waals surface area contributed by atoms with Crippen molar-refractivity contribution in [2.24, 2.45) is 0 Å². The summed E-state index contributed by atoms with van der Waals surface area (Å²) in [6.07, 6.45) is 2.44. The number of nitro benzene ring substituents is 1. The number of halogens is 1. The average Bonchev–Trinajstić information content (AvgIpc) is 2.81. The Morgan fingerprint density at radius 2 is 2.11 bits per heavy atom. The van der Waals surface area contributed by atoms with Crippen LogP contribution in [0.1, 0.15) is 29.3 Å². The Balaban J connectivity index is 2.11. The number of nitrogens with zero attached hydrogens (tertiary/aromatic N) is 2. The fraction of sp³-hybridized carbons (Fsp3) is 0.538. The van der Waals surface area contributed by atoms with E-state index in [4.69, 9.17) is 11.6 Å². The first kappa shape index (κ1) is 13.3. The molecule has 1 aliphatic rings. The maximum atomic E-state index is 10.9. The van der Waals surface area contributed by atoms with Gasteiger partial charge in [0.15, 0.2) is 0 Å². The van der Waals surface area contributed by atoms with Crippen molar-refractivity contribution in [3.63, 3.8) is 0 Å². The number of likely N-dealkylation sites (tertiary alicyclic amines) is 1. The van der Waals surface area contributed by atoms with Gasteiger partial charge in [0, 0.05) is 18.2 Å². The van der Waals surface area contributed by atoms with Gasteiger partial charge in [-0.15, -0.1) is 11.6 Å². The first-order valence-corrected chi connectivity index (χ1v) is 6.63. The normalized spacial score (nSPS) is 17.9. The van der Waals surface area contributed by atoms with E-state index in [2.05, 4.69) is 4.90 Å². The molecular formula is C13H17ClN2O2. The molecule has 0 bridgehead atoms. The van der Waals surface area contributed by atoms with Crippen LogP contribution in [0, 0.1) is 17.0 Å².